The summed E-state index contributed by atoms with van der Waals surface area (Å²) in [6, 6.07) is 4.92. The summed E-state index contributed by atoms with van der Waals surface area (Å²) in [6.45, 7) is 0.582. The van der Waals surface area contributed by atoms with E-state index in [2.05, 4.69) is 5.32 Å². The van der Waals surface area contributed by atoms with Gasteiger partial charge in [-0.15, -0.1) is 0 Å². The average Bonchev–Trinajstić information content (AvgIpc) is 3.07. The highest BCUT2D eigenvalue weighted by atomic mass is 16.2. The second kappa shape index (κ2) is 6.74. The van der Waals surface area contributed by atoms with Crippen LogP contribution >= 0.6 is 0 Å². The summed E-state index contributed by atoms with van der Waals surface area (Å²) in [7, 11) is 5.18. The third kappa shape index (κ3) is 3.31. The van der Waals surface area contributed by atoms with E-state index >= 15 is 0 Å². The quantitative estimate of drug-likeness (QED) is 0.887. The SMILES string of the molecule is CN(C)C(=O)C1CCCN1C(=O)Nc1ccc2c(c1)CCC(=O)N2C. The Hall–Kier alpha value is -2.57. The Bertz CT molecular complexity index is 716. The monoisotopic (exact) mass is 344 g/mol. The third-order valence-electron chi connectivity index (χ3n) is 4.91. The van der Waals surface area contributed by atoms with Crippen LogP contribution in [0.1, 0.15) is 24.8 Å². The molecule has 0 spiro atoms. The van der Waals surface area contributed by atoms with Crippen LogP contribution in [-0.4, -0.2) is 61.4 Å². The van der Waals surface area contributed by atoms with Gasteiger partial charge in [-0.25, -0.2) is 4.79 Å². The van der Waals surface area contributed by atoms with Gasteiger partial charge in [-0.05, 0) is 43.0 Å². The van der Waals surface area contributed by atoms with Crippen molar-refractivity contribution in [1.29, 1.82) is 0 Å². The van der Waals surface area contributed by atoms with Crippen LogP contribution in [0.2, 0.25) is 0 Å². The number of carbonyl (C=O) groups excluding carboxylic acids is 3. The van der Waals surface area contributed by atoms with Crippen molar-refractivity contribution in [3.05, 3.63) is 23.8 Å². The topological polar surface area (TPSA) is 73.0 Å². The lowest BCUT2D eigenvalue weighted by Crippen LogP contribution is -2.47. The number of urea groups is 1. The zero-order valence-corrected chi connectivity index (χ0v) is 14.9. The number of likely N-dealkylation sites (N-methyl/N-ethyl adjacent to an activating group) is 1. The molecule has 0 aromatic heterocycles. The minimum atomic E-state index is -0.392. The molecule has 1 unspecified atom stereocenters. The molecule has 0 radical (unpaired) electrons. The van der Waals surface area contributed by atoms with Crippen LogP contribution in [0.3, 0.4) is 0 Å². The van der Waals surface area contributed by atoms with Gasteiger partial charge in [0.2, 0.25) is 11.8 Å². The highest BCUT2D eigenvalue weighted by Gasteiger charge is 2.35. The lowest BCUT2D eigenvalue weighted by molar-refractivity contribution is -0.132. The molecule has 2 aliphatic rings. The van der Waals surface area contributed by atoms with Gasteiger partial charge in [-0.2, -0.15) is 0 Å². The van der Waals surface area contributed by atoms with Crippen molar-refractivity contribution in [2.45, 2.75) is 31.7 Å². The molecule has 1 saturated heterocycles. The van der Waals surface area contributed by atoms with Crippen molar-refractivity contribution in [2.75, 3.05) is 37.9 Å². The number of nitrogens with zero attached hydrogens (tertiary/aromatic N) is 3. The lowest BCUT2D eigenvalue weighted by atomic mass is 10.0. The van der Waals surface area contributed by atoms with Crippen molar-refractivity contribution in [3.8, 4) is 0 Å². The fourth-order valence-electron chi connectivity index (χ4n) is 3.49. The molecule has 1 atom stereocenters. The first-order chi connectivity index (χ1) is 11.9. The number of fused-ring (bicyclic) bond motifs is 1. The van der Waals surface area contributed by atoms with Gasteiger partial charge in [0.05, 0.1) is 0 Å². The number of aryl methyl sites for hydroxylation is 1. The average molecular weight is 344 g/mol. The Morgan fingerprint density at radius 3 is 2.72 bits per heavy atom. The summed E-state index contributed by atoms with van der Waals surface area (Å²) in [4.78, 5) is 41.4. The molecule has 2 aliphatic heterocycles. The van der Waals surface area contributed by atoms with Crippen LogP contribution in [0.25, 0.3) is 0 Å². The fraction of sp³-hybridized carbons (Fsp3) is 0.500. The molecule has 0 saturated carbocycles. The first-order valence-electron chi connectivity index (χ1n) is 8.56. The number of hydrogen-bond acceptors (Lipinski definition) is 3. The maximum Gasteiger partial charge on any atom is 0.322 e. The Morgan fingerprint density at radius 1 is 1.24 bits per heavy atom. The van der Waals surface area contributed by atoms with Crippen LogP contribution in [0.15, 0.2) is 18.2 Å². The predicted octanol–water partition coefficient (Wildman–Crippen LogP) is 1.68. The van der Waals surface area contributed by atoms with Crippen LogP contribution in [0, 0.1) is 0 Å². The van der Waals surface area contributed by atoms with Crippen LogP contribution in [0.5, 0.6) is 0 Å². The minimum absolute atomic E-state index is 0.0433. The van der Waals surface area contributed by atoms with Gasteiger partial charge in [0.1, 0.15) is 6.04 Å². The van der Waals surface area contributed by atoms with E-state index in [-0.39, 0.29) is 17.8 Å². The number of likely N-dealkylation sites (tertiary alicyclic amines) is 1. The fourth-order valence-corrected chi connectivity index (χ4v) is 3.49. The van der Waals surface area contributed by atoms with Gasteiger partial charge < -0.3 is 20.0 Å². The zero-order valence-electron chi connectivity index (χ0n) is 14.9. The first kappa shape index (κ1) is 17.3. The van der Waals surface area contributed by atoms with Crippen molar-refractivity contribution < 1.29 is 14.4 Å². The Labute approximate surface area is 147 Å². The van der Waals surface area contributed by atoms with Crippen molar-refractivity contribution in [2.24, 2.45) is 0 Å². The molecule has 0 aliphatic carbocycles. The van der Waals surface area contributed by atoms with E-state index in [0.29, 0.717) is 31.5 Å². The molecule has 0 bridgehead atoms. The molecular weight excluding hydrogens is 320 g/mol. The predicted molar refractivity (Wildman–Crippen MR) is 95.6 cm³/mol. The molecule has 7 heteroatoms. The summed E-state index contributed by atoms with van der Waals surface area (Å²) < 4.78 is 0. The minimum Gasteiger partial charge on any atom is -0.347 e. The maximum atomic E-state index is 12.6. The van der Waals surface area contributed by atoms with E-state index in [0.717, 1.165) is 17.7 Å². The van der Waals surface area contributed by atoms with Gasteiger partial charge in [0.15, 0.2) is 0 Å². The van der Waals surface area contributed by atoms with Gasteiger partial charge in [0, 0.05) is 45.5 Å². The number of nitrogens with one attached hydrogen (secondary N) is 1. The van der Waals surface area contributed by atoms with Gasteiger partial charge in [-0.3, -0.25) is 9.59 Å². The van der Waals surface area contributed by atoms with Gasteiger partial charge >= 0.3 is 6.03 Å². The van der Waals surface area contributed by atoms with E-state index in [1.165, 1.54) is 4.90 Å². The molecule has 134 valence electrons. The van der Waals surface area contributed by atoms with Gasteiger partial charge in [0.25, 0.3) is 0 Å². The molecule has 25 heavy (non-hydrogen) atoms. The van der Waals surface area contributed by atoms with Crippen molar-refractivity contribution >= 4 is 29.2 Å². The van der Waals surface area contributed by atoms with E-state index in [4.69, 9.17) is 0 Å². The highest BCUT2D eigenvalue weighted by Crippen LogP contribution is 2.29. The molecular formula is C18H24N4O3. The maximum absolute atomic E-state index is 12.6. The lowest BCUT2D eigenvalue weighted by Gasteiger charge is -2.28. The van der Waals surface area contributed by atoms with Crippen molar-refractivity contribution in [3.63, 3.8) is 0 Å². The van der Waals surface area contributed by atoms with Crippen molar-refractivity contribution in [1.82, 2.24) is 9.80 Å². The number of rotatable bonds is 2. The Kier molecular flexibility index (Phi) is 4.65. The second-order valence-electron chi connectivity index (χ2n) is 6.81. The van der Waals surface area contributed by atoms with E-state index in [1.54, 1.807) is 37.0 Å². The number of carbonyl (C=O) groups is 3. The molecule has 7 nitrogen and oxygen atoms in total. The number of hydrogen-bond donors (Lipinski definition) is 1. The molecule has 4 amide bonds. The molecule has 2 heterocycles. The largest absolute Gasteiger partial charge is 0.347 e. The normalized spacial score (nSPS) is 19.6. The van der Waals surface area contributed by atoms with Crippen LogP contribution < -0.4 is 10.2 Å². The molecule has 1 aromatic carbocycles. The van der Waals surface area contributed by atoms with Crippen LogP contribution in [-0.2, 0) is 16.0 Å². The molecule has 1 aromatic rings. The van der Waals surface area contributed by atoms with Gasteiger partial charge in [-0.1, -0.05) is 0 Å². The Morgan fingerprint density at radius 2 is 2.00 bits per heavy atom. The summed E-state index contributed by atoms with van der Waals surface area (Å²) >= 11 is 0. The second-order valence-corrected chi connectivity index (χ2v) is 6.81. The third-order valence-corrected chi connectivity index (χ3v) is 4.91. The number of benzene rings is 1. The molecule has 3 rings (SSSR count). The Balaban J connectivity index is 1.73. The zero-order chi connectivity index (χ0) is 18.1. The number of anilines is 2. The standard InChI is InChI=1S/C18H24N4O3/c1-20(2)17(24)15-5-4-10-22(15)18(25)19-13-7-8-14-12(11-13)6-9-16(23)21(14)3/h7-8,11,15H,4-6,9-10H2,1-3H3,(H,19,25). The molecule has 1 N–H and O–H groups in total. The first-order valence-corrected chi connectivity index (χ1v) is 8.56. The molecule has 1 fully saturated rings. The van der Waals surface area contributed by atoms with Crippen LogP contribution in [0.4, 0.5) is 16.2 Å². The number of amides is 4. The summed E-state index contributed by atoms with van der Waals surface area (Å²) in [6.07, 6.45) is 2.68. The summed E-state index contributed by atoms with van der Waals surface area (Å²) in [5.74, 6) is 0.0598. The summed E-state index contributed by atoms with van der Waals surface area (Å²) in [5, 5.41) is 2.90. The summed E-state index contributed by atoms with van der Waals surface area (Å²) in [5.41, 5.74) is 2.62. The highest BCUT2D eigenvalue weighted by molar-refractivity contribution is 5.97. The van der Waals surface area contributed by atoms with E-state index in [9.17, 15) is 14.4 Å². The van der Waals surface area contributed by atoms with E-state index in [1.807, 2.05) is 12.1 Å². The smallest absolute Gasteiger partial charge is 0.322 e. The van der Waals surface area contributed by atoms with E-state index < -0.39 is 6.04 Å².